The second kappa shape index (κ2) is 10.9. The first-order chi connectivity index (χ1) is 13.1. The number of rotatable bonds is 8. The molecule has 0 aliphatic carbocycles. The summed E-state index contributed by atoms with van der Waals surface area (Å²) in [7, 11) is 3.23. The summed E-state index contributed by atoms with van der Waals surface area (Å²) in [6.45, 7) is 1.01. The molecule has 6 nitrogen and oxygen atoms in total. The molecule has 0 heterocycles. The third-order valence-corrected chi connectivity index (χ3v) is 3.65. The van der Waals surface area contributed by atoms with Gasteiger partial charge in [-0.15, -0.1) is 0 Å². The molecule has 0 spiro atoms. The number of nitrogens with one attached hydrogen (secondary N) is 2. The van der Waals surface area contributed by atoms with Crippen LogP contribution < -0.4 is 20.1 Å². The lowest BCUT2D eigenvalue weighted by atomic mass is 10.2. The lowest BCUT2D eigenvalue weighted by Crippen LogP contribution is -2.32. The van der Waals surface area contributed by atoms with Crippen molar-refractivity contribution in [2.24, 2.45) is 0 Å². The van der Waals surface area contributed by atoms with E-state index < -0.39 is 0 Å². The first-order valence-corrected chi connectivity index (χ1v) is 8.67. The first-order valence-electron chi connectivity index (χ1n) is 8.26. The van der Waals surface area contributed by atoms with Crippen LogP contribution in [-0.2, 0) is 9.53 Å². The van der Waals surface area contributed by atoms with Gasteiger partial charge in [-0.05, 0) is 60.3 Å². The summed E-state index contributed by atoms with van der Waals surface area (Å²) >= 11 is 5.15. The Hall–Kier alpha value is -2.90. The second-order valence-corrected chi connectivity index (χ2v) is 5.82. The number of benzene rings is 2. The SMILES string of the molecule is COCCOc1ccc(NC(=S)NC(=O)/C=C/c2ccc(OC)cc2)cc1. The topological polar surface area (TPSA) is 68.8 Å². The molecule has 0 atom stereocenters. The predicted octanol–water partition coefficient (Wildman–Crippen LogP) is 3.25. The van der Waals surface area contributed by atoms with Crippen molar-refractivity contribution in [3.63, 3.8) is 0 Å². The number of anilines is 1. The zero-order valence-electron chi connectivity index (χ0n) is 15.2. The molecule has 0 saturated heterocycles. The van der Waals surface area contributed by atoms with E-state index >= 15 is 0 Å². The molecule has 2 aromatic rings. The summed E-state index contributed by atoms with van der Waals surface area (Å²) in [4.78, 5) is 12.0. The molecule has 2 N–H and O–H groups in total. The molecule has 0 unspecified atom stereocenters. The van der Waals surface area contributed by atoms with Gasteiger partial charge in [0.1, 0.15) is 18.1 Å². The summed E-state index contributed by atoms with van der Waals surface area (Å²) in [6.07, 6.45) is 3.12. The number of carbonyl (C=O) groups is 1. The number of hydrogen-bond donors (Lipinski definition) is 2. The van der Waals surface area contributed by atoms with Crippen molar-refractivity contribution in [2.45, 2.75) is 0 Å². The Morgan fingerprint density at radius 3 is 2.30 bits per heavy atom. The summed E-state index contributed by atoms with van der Waals surface area (Å²) in [6, 6.07) is 14.6. The van der Waals surface area contributed by atoms with Crippen molar-refractivity contribution in [1.82, 2.24) is 5.32 Å². The van der Waals surface area contributed by atoms with E-state index in [1.165, 1.54) is 6.08 Å². The van der Waals surface area contributed by atoms with E-state index in [0.29, 0.717) is 13.2 Å². The van der Waals surface area contributed by atoms with Crippen LogP contribution in [0.3, 0.4) is 0 Å². The minimum Gasteiger partial charge on any atom is -0.497 e. The van der Waals surface area contributed by atoms with Crippen molar-refractivity contribution in [3.8, 4) is 11.5 Å². The van der Waals surface area contributed by atoms with Crippen LogP contribution in [0.5, 0.6) is 11.5 Å². The molecule has 0 bridgehead atoms. The summed E-state index contributed by atoms with van der Waals surface area (Å²) in [5.74, 6) is 1.18. The Bertz CT molecular complexity index is 774. The van der Waals surface area contributed by atoms with Crippen molar-refractivity contribution in [2.75, 3.05) is 32.8 Å². The molecule has 142 valence electrons. The molecule has 27 heavy (non-hydrogen) atoms. The smallest absolute Gasteiger partial charge is 0.250 e. The van der Waals surface area contributed by atoms with Crippen LogP contribution in [0, 0.1) is 0 Å². The number of hydrogen-bond acceptors (Lipinski definition) is 5. The molecule has 0 radical (unpaired) electrons. The van der Waals surface area contributed by atoms with Crippen LogP contribution in [0.1, 0.15) is 5.56 Å². The fourth-order valence-electron chi connectivity index (χ4n) is 2.08. The van der Waals surface area contributed by atoms with Gasteiger partial charge in [-0.25, -0.2) is 0 Å². The highest BCUT2D eigenvalue weighted by atomic mass is 32.1. The van der Waals surface area contributed by atoms with Gasteiger partial charge in [0.25, 0.3) is 0 Å². The van der Waals surface area contributed by atoms with Crippen LogP contribution >= 0.6 is 12.2 Å². The maximum atomic E-state index is 12.0. The van der Waals surface area contributed by atoms with E-state index in [1.54, 1.807) is 20.3 Å². The molecule has 0 aromatic heterocycles. The molecule has 0 saturated carbocycles. The lowest BCUT2D eigenvalue weighted by molar-refractivity contribution is -0.115. The van der Waals surface area contributed by atoms with E-state index in [4.69, 9.17) is 26.4 Å². The first kappa shape index (κ1) is 20.4. The normalized spacial score (nSPS) is 10.4. The highest BCUT2D eigenvalue weighted by molar-refractivity contribution is 7.80. The molecule has 0 fully saturated rings. The van der Waals surface area contributed by atoms with Gasteiger partial charge in [-0.2, -0.15) is 0 Å². The molecular weight excluding hydrogens is 364 g/mol. The molecule has 0 aliphatic rings. The van der Waals surface area contributed by atoms with E-state index in [-0.39, 0.29) is 11.0 Å². The summed E-state index contributed by atoms with van der Waals surface area (Å²) < 4.78 is 15.5. The lowest BCUT2D eigenvalue weighted by Gasteiger charge is -2.09. The van der Waals surface area contributed by atoms with Crippen molar-refractivity contribution < 1.29 is 19.0 Å². The minimum atomic E-state index is -0.317. The maximum absolute atomic E-state index is 12.0. The zero-order valence-corrected chi connectivity index (χ0v) is 16.0. The number of thiocarbonyl (C=S) groups is 1. The quantitative estimate of drug-likeness (QED) is 0.412. The van der Waals surface area contributed by atoms with E-state index in [2.05, 4.69) is 10.6 Å². The highest BCUT2D eigenvalue weighted by Gasteiger charge is 2.02. The second-order valence-electron chi connectivity index (χ2n) is 5.42. The fourth-order valence-corrected chi connectivity index (χ4v) is 2.30. The van der Waals surface area contributed by atoms with Gasteiger partial charge in [-0.1, -0.05) is 12.1 Å². The Morgan fingerprint density at radius 2 is 1.67 bits per heavy atom. The molecule has 2 rings (SSSR count). The monoisotopic (exact) mass is 386 g/mol. The Labute approximate surface area is 164 Å². The summed E-state index contributed by atoms with van der Waals surface area (Å²) in [5.41, 5.74) is 1.63. The Balaban J connectivity index is 1.80. The maximum Gasteiger partial charge on any atom is 0.250 e. The third kappa shape index (κ3) is 7.47. The predicted molar refractivity (Wildman–Crippen MR) is 110 cm³/mol. The van der Waals surface area contributed by atoms with Crippen LogP contribution in [0.2, 0.25) is 0 Å². The fraction of sp³-hybridized carbons (Fsp3) is 0.200. The van der Waals surface area contributed by atoms with Gasteiger partial charge in [0, 0.05) is 18.9 Å². The molecular formula is C20H22N2O4S. The average molecular weight is 386 g/mol. The van der Waals surface area contributed by atoms with Gasteiger partial charge in [0.2, 0.25) is 5.91 Å². The van der Waals surface area contributed by atoms with Crippen molar-refractivity contribution >= 4 is 35.0 Å². The van der Waals surface area contributed by atoms with E-state index in [0.717, 1.165) is 22.7 Å². The van der Waals surface area contributed by atoms with E-state index in [1.807, 2.05) is 48.5 Å². The van der Waals surface area contributed by atoms with E-state index in [9.17, 15) is 4.79 Å². The zero-order chi connectivity index (χ0) is 19.5. The van der Waals surface area contributed by atoms with Gasteiger partial charge >= 0.3 is 0 Å². The Kier molecular flexibility index (Phi) is 8.28. The largest absolute Gasteiger partial charge is 0.497 e. The van der Waals surface area contributed by atoms with Crippen LogP contribution in [0.25, 0.3) is 6.08 Å². The number of ether oxygens (including phenoxy) is 3. The highest BCUT2D eigenvalue weighted by Crippen LogP contribution is 2.15. The van der Waals surface area contributed by atoms with Gasteiger partial charge < -0.3 is 19.5 Å². The van der Waals surface area contributed by atoms with Crippen LogP contribution in [0.15, 0.2) is 54.6 Å². The van der Waals surface area contributed by atoms with Gasteiger partial charge in [0.05, 0.1) is 13.7 Å². The van der Waals surface area contributed by atoms with Gasteiger partial charge in [-0.3, -0.25) is 10.1 Å². The van der Waals surface area contributed by atoms with Crippen molar-refractivity contribution in [3.05, 3.63) is 60.2 Å². The molecule has 2 aromatic carbocycles. The Morgan fingerprint density at radius 1 is 1.00 bits per heavy atom. The average Bonchev–Trinajstić information content (AvgIpc) is 2.68. The molecule has 7 heteroatoms. The minimum absolute atomic E-state index is 0.215. The third-order valence-electron chi connectivity index (χ3n) is 3.45. The molecule has 0 aliphatic heterocycles. The summed E-state index contributed by atoms with van der Waals surface area (Å²) in [5, 5.41) is 5.76. The number of methoxy groups -OCH3 is 2. The van der Waals surface area contributed by atoms with Crippen molar-refractivity contribution in [1.29, 1.82) is 0 Å². The van der Waals surface area contributed by atoms with Gasteiger partial charge in [0.15, 0.2) is 5.11 Å². The number of amides is 1. The number of carbonyl (C=O) groups excluding carboxylic acids is 1. The van der Waals surface area contributed by atoms with Crippen LogP contribution in [-0.4, -0.2) is 38.5 Å². The molecule has 1 amide bonds. The standard InChI is InChI=1S/C20H22N2O4S/c1-24-13-14-26-18-10-6-16(7-11-18)21-20(27)22-19(23)12-5-15-3-8-17(25-2)9-4-15/h3-12H,13-14H2,1-2H3,(H2,21,22,23,27)/b12-5+. The van der Waals surface area contributed by atoms with Crippen LogP contribution in [0.4, 0.5) is 5.69 Å².